The van der Waals surface area contributed by atoms with E-state index in [9.17, 15) is 0 Å². The van der Waals surface area contributed by atoms with E-state index in [1.807, 2.05) is 6.07 Å². The summed E-state index contributed by atoms with van der Waals surface area (Å²) in [5.41, 5.74) is 0.542. The zero-order valence-electron chi connectivity index (χ0n) is 10.1. The van der Waals surface area contributed by atoms with Gasteiger partial charge in [-0.05, 0) is 18.2 Å². The zero-order chi connectivity index (χ0) is 12.8. The molecule has 1 aromatic carbocycles. The third-order valence-corrected chi connectivity index (χ3v) is 3.13. The van der Waals surface area contributed by atoms with Crippen molar-refractivity contribution in [1.82, 2.24) is 4.90 Å². The van der Waals surface area contributed by atoms with Crippen molar-refractivity contribution >= 4 is 11.6 Å². The summed E-state index contributed by atoms with van der Waals surface area (Å²) in [6.07, 6.45) is 0. The Hall–Kier alpha value is -1.28. The van der Waals surface area contributed by atoms with Gasteiger partial charge in [0.05, 0.1) is 29.9 Å². The third kappa shape index (κ3) is 3.61. The SMILES string of the molecule is N#Cc1ccc(OCCN2CCOCC2)c(Cl)c1. The van der Waals surface area contributed by atoms with E-state index in [-0.39, 0.29) is 0 Å². The van der Waals surface area contributed by atoms with Crippen molar-refractivity contribution < 1.29 is 9.47 Å². The van der Waals surface area contributed by atoms with Crippen molar-refractivity contribution in [2.24, 2.45) is 0 Å². The maximum atomic E-state index is 8.73. The second-order valence-corrected chi connectivity index (χ2v) is 4.47. The Balaban J connectivity index is 1.81. The van der Waals surface area contributed by atoms with Crippen LogP contribution in [0.1, 0.15) is 5.56 Å². The molecule has 1 heterocycles. The van der Waals surface area contributed by atoms with E-state index in [0.717, 1.165) is 32.8 Å². The lowest BCUT2D eigenvalue weighted by atomic mass is 10.2. The molecule has 1 fully saturated rings. The van der Waals surface area contributed by atoms with Gasteiger partial charge >= 0.3 is 0 Å². The highest BCUT2D eigenvalue weighted by Gasteiger charge is 2.10. The van der Waals surface area contributed by atoms with Gasteiger partial charge in [-0.2, -0.15) is 5.26 Å². The molecule has 1 aliphatic rings. The van der Waals surface area contributed by atoms with Gasteiger partial charge in [-0.25, -0.2) is 0 Å². The fourth-order valence-corrected chi connectivity index (χ4v) is 2.03. The molecule has 0 spiro atoms. The molecule has 0 N–H and O–H groups in total. The molecule has 18 heavy (non-hydrogen) atoms. The number of hydrogen-bond donors (Lipinski definition) is 0. The molecule has 96 valence electrons. The lowest BCUT2D eigenvalue weighted by Crippen LogP contribution is -2.38. The number of rotatable bonds is 4. The Morgan fingerprint density at radius 2 is 2.17 bits per heavy atom. The molecule has 0 bridgehead atoms. The highest BCUT2D eigenvalue weighted by atomic mass is 35.5. The Bertz CT molecular complexity index is 439. The third-order valence-electron chi connectivity index (χ3n) is 2.83. The molecular formula is C13H15ClN2O2. The maximum Gasteiger partial charge on any atom is 0.138 e. The van der Waals surface area contributed by atoms with Crippen LogP contribution in [-0.2, 0) is 4.74 Å². The first kappa shape index (κ1) is 13.2. The first-order valence-corrected chi connectivity index (χ1v) is 6.30. The van der Waals surface area contributed by atoms with Crippen LogP contribution < -0.4 is 4.74 Å². The highest BCUT2D eigenvalue weighted by molar-refractivity contribution is 6.32. The van der Waals surface area contributed by atoms with Crippen molar-refractivity contribution in [3.63, 3.8) is 0 Å². The Morgan fingerprint density at radius 3 is 2.83 bits per heavy atom. The van der Waals surface area contributed by atoms with E-state index in [4.69, 9.17) is 26.3 Å². The molecule has 0 atom stereocenters. The summed E-state index contributed by atoms with van der Waals surface area (Å²) in [6.45, 7) is 4.93. The molecular weight excluding hydrogens is 252 g/mol. The van der Waals surface area contributed by atoms with Crippen molar-refractivity contribution in [1.29, 1.82) is 5.26 Å². The van der Waals surface area contributed by atoms with E-state index < -0.39 is 0 Å². The second kappa shape index (κ2) is 6.60. The van der Waals surface area contributed by atoms with Gasteiger partial charge in [0.2, 0.25) is 0 Å². The van der Waals surface area contributed by atoms with Gasteiger partial charge in [0.1, 0.15) is 12.4 Å². The van der Waals surface area contributed by atoms with Crippen LogP contribution in [0.5, 0.6) is 5.75 Å². The number of hydrogen-bond acceptors (Lipinski definition) is 4. The quantitative estimate of drug-likeness (QED) is 0.835. The van der Waals surface area contributed by atoms with E-state index in [1.54, 1.807) is 18.2 Å². The van der Waals surface area contributed by atoms with Crippen molar-refractivity contribution in [3.8, 4) is 11.8 Å². The van der Waals surface area contributed by atoms with Crippen LogP contribution in [0.2, 0.25) is 5.02 Å². The standard InChI is InChI=1S/C13H15ClN2O2/c14-12-9-11(10-15)1-2-13(12)18-8-5-16-3-6-17-7-4-16/h1-2,9H,3-8H2. The Morgan fingerprint density at radius 1 is 1.39 bits per heavy atom. The summed E-state index contributed by atoms with van der Waals surface area (Å²) in [5.74, 6) is 0.629. The van der Waals surface area contributed by atoms with Gasteiger partial charge in [0, 0.05) is 19.6 Å². The van der Waals surface area contributed by atoms with Crippen LogP contribution in [0.15, 0.2) is 18.2 Å². The second-order valence-electron chi connectivity index (χ2n) is 4.06. The Labute approximate surface area is 112 Å². The first-order chi connectivity index (χ1) is 8.79. The van der Waals surface area contributed by atoms with Crippen molar-refractivity contribution in [3.05, 3.63) is 28.8 Å². The summed E-state index contributed by atoms with van der Waals surface area (Å²) in [4.78, 5) is 2.29. The number of halogens is 1. The number of benzene rings is 1. The minimum absolute atomic E-state index is 0.482. The van der Waals surface area contributed by atoms with Crippen LogP contribution in [0.4, 0.5) is 0 Å². The van der Waals surface area contributed by atoms with Crippen LogP contribution in [0.25, 0.3) is 0 Å². The summed E-state index contributed by atoms with van der Waals surface area (Å²) in [6, 6.07) is 7.10. The van der Waals surface area contributed by atoms with Crippen LogP contribution in [0.3, 0.4) is 0 Å². The molecule has 1 aliphatic heterocycles. The molecule has 0 radical (unpaired) electrons. The summed E-state index contributed by atoms with van der Waals surface area (Å²) in [7, 11) is 0. The number of ether oxygens (including phenoxy) is 2. The largest absolute Gasteiger partial charge is 0.491 e. The minimum Gasteiger partial charge on any atom is -0.491 e. The van der Waals surface area contributed by atoms with Gasteiger partial charge in [-0.1, -0.05) is 11.6 Å². The summed E-state index contributed by atoms with van der Waals surface area (Å²) < 4.78 is 10.9. The van der Waals surface area contributed by atoms with E-state index in [1.165, 1.54) is 0 Å². The normalized spacial score (nSPS) is 16.2. The fourth-order valence-electron chi connectivity index (χ4n) is 1.80. The highest BCUT2D eigenvalue weighted by Crippen LogP contribution is 2.25. The molecule has 1 saturated heterocycles. The topological polar surface area (TPSA) is 45.5 Å². The minimum atomic E-state index is 0.482. The van der Waals surface area contributed by atoms with E-state index in [2.05, 4.69) is 4.90 Å². The van der Waals surface area contributed by atoms with Gasteiger partial charge < -0.3 is 9.47 Å². The summed E-state index contributed by atoms with van der Waals surface area (Å²) >= 11 is 6.02. The predicted molar refractivity (Wildman–Crippen MR) is 68.9 cm³/mol. The molecule has 5 heteroatoms. The monoisotopic (exact) mass is 266 g/mol. The van der Waals surface area contributed by atoms with E-state index >= 15 is 0 Å². The lowest BCUT2D eigenvalue weighted by molar-refractivity contribution is 0.0322. The van der Waals surface area contributed by atoms with Gasteiger partial charge in [-0.3, -0.25) is 4.90 Å². The molecule has 0 aliphatic carbocycles. The molecule has 1 aromatic rings. The predicted octanol–water partition coefficient (Wildman–Crippen LogP) is 1.92. The number of nitrogens with zero attached hydrogens (tertiary/aromatic N) is 2. The summed E-state index contributed by atoms with van der Waals surface area (Å²) in [5, 5.41) is 9.21. The van der Waals surface area contributed by atoms with Crippen LogP contribution in [0, 0.1) is 11.3 Å². The van der Waals surface area contributed by atoms with Gasteiger partial charge in [0.25, 0.3) is 0 Å². The van der Waals surface area contributed by atoms with Gasteiger partial charge in [0.15, 0.2) is 0 Å². The van der Waals surface area contributed by atoms with E-state index in [0.29, 0.717) is 22.9 Å². The zero-order valence-corrected chi connectivity index (χ0v) is 10.8. The van der Waals surface area contributed by atoms with Crippen LogP contribution in [-0.4, -0.2) is 44.4 Å². The average molecular weight is 267 g/mol. The number of morpholine rings is 1. The van der Waals surface area contributed by atoms with Gasteiger partial charge in [-0.15, -0.1) is 0 Å². The molecule has 4 nitrogen and oxygen atoms in total. The smallest absolute Gasteiger partial charge is 0.138 e. The fraction of sp³-hybridized carbons (Fsp3) is 0.462. The lowest BCUT2D eigenvalue weighted by Gasteiger charge is -2.26. The number of nitriles is 1. The maximum absolute atomic E-state index is 8.73. The average Bonchev–Trinajstić information content (AvgIpc) is 2.42. The van der Waals surface area contributed by atoms with Crippen molar-refractivity contribution in [2.75, 3.05) is 39.5 Å². The first-order valence-electron chi connectivity index (χ1n) is 5.92. The molecule has 0 unspecified atom stereocenters. The molecule has 0 amide bonds. The molecule has 2 rings (SSSR count). The molecule has 0 aromatic heterocycles. The van der Waals surface area contributed by atoms with Crippen molar-refractivity contribution in [2.45, 2.75) is 0 Å². The molecule has 0 saturated carbocycles. The Kier molecular flexibility index (Phi) is 4.82. The van der Waals surface area contributed by atoms with Crippen LogP contribution >= 0.6 is 11.6 Å².